The molecule has 1 unspecified atom stereocenters. The highest BCUT2D eigenvalue weighted by Crippen LogP contribution is 2.35. The molecule has 0 spiro atoms. The summed E-state index contributed by atoms with van der Waals surface area (Å²) in [5.41, 5.74) is 2.17. The molecule has 1 fully saturated rings. The maximum absolute atomic E-state index is 12.3. The van der Waals surface area contributed by atoms with Crippen LogP contribution in [0.2, 0.25) is 0 Å². The van der Waals surface area contributed by atoms with Crippen LogP contribution in [-0.4, -0.2) is 55.7 Å². The molecular weight excluding hydrogens is 356 g/mol. The molecule has 1 saturated heterocycles. The van der Waals surface area contributed by atoms with Crippen molar-refractivity contribution >= 4 is 11.9 Å². The summed E-state index contributed by atoms with van der Waals surface area (Å²) in [6.07, 6.45) is 3.29. The summed E-state index contributed by atoms with van der Waals surface area (Å²) >= 11 is 0. The Morgan fingerprint density at radius 3 is 2.79 bits per heavy atom. The number of rotatable bonds is 7. The van der Waals surface area contributed by atoms with Gasteiger partial charge in [0.05, 0.1) is 19.7 Å². The molecule has 0 aromatic heterocycles. The highest BCUT2D eigenvalue weighted by atomic mass is 16.5. The first-order valence-electron chi connectivity index (χ1n) is 10.4. The first kappa shape index (κ1) is 20.3. The fourth-order valence-electron chi connectivity index (χ4n) is 3.64. The van der Waals surface area contributed by atoms with Crippen LogP contribution >= 0.6 is 0 Å². The van der Waals surface area contributed by atoms with Gasteiger partial charge in [-0.25, -0.2) is 4.99 Å². The third kappa shape index (κ3) is 5.09. The van der Waals surface area contributed by atoms with Gasteiger partial charge >= 0.3 is 0 Å². The third-order valence-corrected chi connectivity index (χ3v) is 5.00. The number of guanidine groups is 1. The van der Waals surface area contributed by atoms with Crippen LogP contribution < -0.4 is 20.1 Å². The van der Waals surface area contributed by atoms with Crippen molar-refractivity contribution in [3.63, 3.8) is 0 Å². The molecule has 0 aliphatic carbocycles. The van der Waals surface area contributed by atoms with E-state index in [1.165, 1.54) is 5.56 Å². The quantitative estimate of drug-likeness (QED) is 0.553. The summed E-state index contributed by atoms with van der Waals surface area (Å²) in [5, 5.41) is 6.36. The van der Waals surface area contributed by atoms with Crippen LogP contribution in [0.1, 0.15) is 44.7 Å². The Labute approximate surface area is 167 Å². The number of ether oxygens (including phenoxy) is 2. The van der Waals surface area contributed by atoms with Gasteiger partial charge < -0.3 is 25.0 Å². The van der Waals surface area contributed by atoms with E-state index in [1.807, 2.05) is 24.8 Å². The van der Waals surface area contributed by atoms with Crippen molar-refractivity contribution in [1.82, 2.24) is 15.5 Å². The van der Waals surface area contributed by atoms with Crippen LogP contribution in [0.4, 0.5) is 0 Å². The summed E-state index contributed by atoms with van der Waals surface area (Å²) in [5.74, 6) is 2.53. The Morgan fingerprint density at radius 1 is 1.29 bits per heavy atom. The van der Waals surface area contributed by atoms with Crippen molar-refractivity contribution in [1.29, 1.82) is 0 Å². The van der Waals surface area contributed by atoms with Crippen molar-refractivity contribution in [2.24, 2.45) is 4.99 Å². The molecule has 0 radical (unpaired) electrons. The number of hydrogen-bond acceptors (Lipinski definition) is 4. The van der Waals surface area contributed by atoms with E-state index in [0.29, 0.717) is 19.1 Å². The minimum Gasteiger partial charge on any atom is -0.494 e. The van der Waals surface area contributed by atoms with Crippen LogP contribution in [0.5, 0.6) is 11.5 Å². The zero-order valence-electron chi connectivity index (χ0n) is 17.2. The molecule has 3 rings (SSSR count). The van der Waals surface area contributed by atoms with E-state index < -0.39 is 0 Å². The van der Waals surface area contributed by atoms with Gasteiger partial charge in [0.1, 0.15) is 17.6 Å². The fourth-order valence-corrected chi connectivity index (χ4v) is 3.64. The Bertz CT molecular complexity index is 714. The molecule has 0 saturated carbocycles. The van der Waals surface area contributed by atoms with E-state index in [2.05, 4.69) is 28.6 Å². The standard InChI is InChI=1S/C21H32N4O3/c1-4-22-21(24-14-20(26)25-8-6-7-9-25)23-13-17-12-19-16(10-15(3)28-19)11-18(17)27-5-2/h11-12,15H,4-10,13-14H2,1-3H3,(H2,22,23,24). The lowest BCUT2D eigenvalue weighted by Gasteiger charge is -2.17. The van der Waals surface area contributed by atoms with Crippen LogP contribution in [0, 0.1) is 0 Å². The maximum Gasteiger partial charge on any atom is 0.241 e. The van der Waals surface area contributed by atoms with Gasteiger partial charge in [0.15, 0.2) is 5.96 Å². The lowest BCUT2D eigenvalue weighted by atomic mass is 10.1. The van der Waals surface area contributed by atoms with Gasteiger partial charge in [0.25, 0.3) is 0 Å². The zero-order chi connectivity index (χ0) is 19.9. The number of carbonyl (C=O) groups is 1. The number of likely N-dealkylation sites (tertiary alicyclic amines) is 1. The highest BCUT2D eigenvalue weighted by Gasteiger charge is 2.22. The van der Waals surface area contributed by atoms with Crippen molar-refractivity contribution in [3.8, 4) is 11.5 Å². The van der Waals surface area contributed by atoms with Crippen LogP contribution in [0.3, 0.4) is 0 Å². The number of benzene rings is 1. The van der Waals surface area contributed by atoms with Gasteiger partial charge in [-0.05, 0) is 45.7 Å². The Balaban J connectivity index is 1.68. The van der Waals surface area contributed by atoms with E-state index in [1.54, 1.807) is 0 Å². The smallest absolute Gasteiger partial charge is 0.241 e. The molecule has 1 amide bonds. The Kier molecular flexibility index (Phi) is 7.01. The first-order chi connectivity index (χ1) is 13.6. The number of nitrogens with zero attached hydrogens (tertiary/aromatic N) is 2. The molecule has 2 N–H and O–H groups in total. The minimum atomic E-state index is 0.123. The lowest BCUT2D eigenvalue weighted by Crippen LogP contribution is -2.44. The second-order valence-corrected chi connectivity index (χ2v) is 7.27. The monoisotopic (exact) mass is 388 g/mol. The largest absolute Gasteiger partial charge is 0.494 e. The highest BCUT2D eigenvalue weighted by molar-refractivity contribution is 5.86. The Morgan fingerprint density at radius 2 is 2.07 bits per heavy atom. The first-order valence-corrected chi connectivity index (χ1v) is 10.4. The average molecular weight is 389 g/mol. The number of fused-ring (bicyclic) bond motifs is 1. The van der Waals surface area contributed by atoms with Crippen molar-refractivity contribution in [3.05, 3.63) is 23.3 Å². The predicted octanol–water partition coefficient (Wildman–Crippen LogP) is 2.09. The number of hydrogen-bond donors (Lipinski definition) is 2. The van der Waals surface area contributed by atoms with E-state index in [4.69, 9.17) is 9.47 Å². The van der Waals surface area contributed by atoms with Gasteiger partial charge in [0, 0.05) is 37.2 Å². The molecule has 2 aliphatic heterocycles. The summed E-state index contributed by atoms with van der Waals surface area (Å²) in [7, 11) is 0. The van der Waals surface area contributed by atoms with Crippen molar-refractivity contribution in [2.75, 3.05) is 32.8 Å². The van der Waals surface area contributed by atoms with Gasteiger partial charge in [-0.3, -0.25) is 4.79 Å². The number of amides is 1. The van der Waals surface area contributed by atoms with E-state index in [-0.39, 0.29) is 18.6 Å². The number of aliphatic imine (C=N–C) groups is 1. The fraction of sp³-hybridized carbons (Fsp3) is 0.619. The zero-order valence-corrected chi connectivity index (χ0v) is 17.2. The van der Waals surface area contributed by atoms with Crippen LogP contribution in [0.15, 0.2) is 17.1 Å². The number of carbonyl (C=O) groups excluding carboxylic acids is 1. The molecular formula is C21H32N4O3. The maximum atomic E-state index is 12.3. The molecule has 1 aromatic rings. The second kappa shape index (κ2) is 9.66. The average Bonchev–Trinajstić information content (AvgIpc) is 3.32. The molecule has 1 aromatic carbocycles. The normalized spacial score (nSPS) is 18.6. The topological polar surface area (TPSA) is 75.2 Å². The van der Waals surface area contributed by atoms with Gasteiger partial charge in [-0.1, -0.05) is 0 Å². The summed E-state index contributed by atoms with van der Waals surface area (Å²) in [6, 6.07) is 4.11. The molecule has 2 heterocycles. The van der Waals surface area contributed by atoms with Gasteiger partial charge in [-0.15, -0.1) is 0 Å². The molecule has 1 atom stereocenters. The summed E-state index contributed by atoms with van der Waals surface area (Å²) in [4.78, 5) is 18.8. The molecule has 7 nitrogen and oxygen atoms in total. The molecule has 2 aliphatic rings. The second-order valence-electron chi connectivity index (χ2n) is 7.27. The van der Waals surface area contributed by atoms with Gasteiger partial charge in [-0.2, -0.15) is 0 Å². The lowest BCUT2D eigenvalue weighted by molar-refractivity contribution is -0.128. The molecule has 0 bridgehead atoms. The van der Waals surface area contributed by atoms with Crippen LogP contribution in [-0.2, 0) is 17.8 Å². The van der Waals surface area contributed by atoms with Crippen LogP contribution in [0.25, 0.3) is 0 Å². The van der Waals surface area contributed by atoms with E-state index in [0.717, 1.165) is 56.0 Å². The molecule has 154 valence electrons. The van der Waals surface area contributed by atoms with Gasteiger partial charge in [0.2, 0.25) is 5.91 Å². The van der Waals surface area contributed by atoms with E-state index >= 15 is 0 Å². The Hall–Kier alpha value is -2.44. The summed E-state index contributed by atoms with van der Waals surface area (Å²) < 4.78 is 11.7. The van der Waals surface area contributed by atoms with E-state index in [9.17, 15) is 4.79 Å². The molecule has 7 heteroatoms. The molecule has 28 heavy (non-hydrogen) atoms. The number of nitrogens with one attached hydrogen (secondary N) is 2. The minimum absolute atomic E-state index is 0.123. The van der Waals surface area contributed by atoms with Crippen molar-refractivity contribution in [2.45, 2.75) is 52.7 Å². The predicted molar refractivity (Wildman–Crippen MR) is 110 cm³/mol. The van der Waals surface area contributed by atoms with Crippen molar-refractivity contribution < 1.29 is 14.3 Å². The SMILES string of the molecule is CCNC(=NCc1cc2c(cc1OCC)CC(C)O2)NCC(=O)N1CCCC1. The third-order valence-electron chi connectivity index (χ3n) is 5.00. The summed E-state index contributed by atoms with van der Waals surface area (Å²) in [6.45, 7) is 9.83.